The highest BCUT2D eigenvalue weighted by atomic mass is 16.4. The Morgan fingerprint density at radius 3 is 2.80 bits per heavy atom. The molecule has 1 saturated heterocycles. The van der Waals surface area contributed by atoms with Crippen molar-refractivity contribution in [2.45, 2.75) is 25.9 Å². The van der Waals surface area contributed by atoms with Crippen LogP contribution >= 0.6 is 0 Å². The molecule has 6 heteroatoms. The van der Waals surface area contributed by atoms with E-state index >= 15 is 0 Å². The van der Waals surface area contributed by atoms with Gasteiger partial charge in [0.05, 0.1) is 12.0 Å². The van der Waals surface area contributed by atoms with E-state index in [0.717, 1.165) is 0 Å². The van der Waals surface area contributed by atoms with Gasteiger partial charge < -0.3 is 20.9 Å². The van der Waals surface area contributed by atoms with E-state index < -0.39 is 12.0 Å². The Morgan fingerprint density at radius 2 is 2.40 bits per heavy atom. The standard InChI is InChI=1S/C9H17N3O3/c1-2-7(8(10)11-15)9(14)12-4-3-6(13)5-12/h6-7,13,15H,2-5H2,1H3,(H2,10,11). The molecular weight excluding hydrogens is 198 g/mol. The third-order valence-electron chi connectivity index (χ3n) is 2.65. The molecule has 0 saturated carbocycles. The number of amidine groups is 1. The number of carbonyl (C=O) groups excluding carboxylic acids is 1. The van der Waals surface area contributed by atoms with Crippen molar-refractivity contribution in [1.82, 2.24) is 4.90 Å². The number of hydrogen-bond acceptors (Lipinski definition) is 4. The van der Waals surface area contributed by atoms with Crippen LogP contribution in [0.2, 0.25) is 0 Å². The lowest BCUT2D eigenvalue weighted by Crippen LogP contribution is -2.41. The lowest BCUT2D eigenvalue weighted by Gasteiger charge is -2.21. The van der Waals surface area contributed by atoms with Crippen LogP contribution in [0.4, 0.5) is 0 Å². The molecule has 2 atom stereocenters. The summed E-state index contributed by atoms with van der Waals surface area (Å²) in [4.78, 5) is 13.4. The minimum atomic E-state index is -0.583. The molecule has 0 spiro atoms. The first-order chi connectivity index (χ1) is 7.10. The number of likely N-dealkylation sites (tertiary alicyclic amines) is 1. The van der Waals surface area contributed by atoms with Gasteiger partial charge in [0.1, 0.15) is 0 Å². The second-order valence-corrected chi connectivity index (χ2v) is 3.71. The number of nitrogens with two attached hydrogens (primary N) is 1. The number of oxime groups is 1. The van der Waals surface area contributed by atoms with Crippen molar-refractivity contribution in [3.05, 3.63) is 0 Å². The van der Waals surface area contributed by atoms with Crippen LogP contribution in [0.3, 0.4) is 0 Å². The van der Waals surface area contributed by atoms with Crippen molar-refractivity contribution in [2.75, 3.05) is 13.1 Å². The monoisotopic (exact) mass is 215 g/mol. The van der Waals surface area contributed by atoms with Gasteiger partial charge in [0, 0.05) is 13.1 Å². The third kappa shape index (κ3) is 2.59. The number of aliphatic hydroxyl groups excluding tert-OH is 1. The van der Waals surface area contributed by atoms with Crippen molar-refractivity contribution in [3.8, 4) is 0 Å². The van der Waals surface area contributed by atoms with E-state index in [1.165, 1.54) is 0 Å². The Morgan fingerprint density at radius 1 is 1.73 bits per heavy atom. The van der Waals surface area contributed by atoms with Crippen LogP contribution in [0.15, 0.2) is 5.16 Å². The maximum atomic E-state index is 11.9. The average molecular weight is 215 g/mol. The number of aliphatic hydroxyl groups is 1. The SMILES string of the molecule is CCC(C(=O)N1CCC(O)C1)C(N)=NO. The van der Waals surface area contributed by atoms with Crippen LogP contribution in [0, 0.1) is 5.92 Å². The number of nitrogens with zero attached hydrogens (tertiary/aromatic N) is 2. The van der Waals surface area contributed by atoms with Crippen molar-refractivity contribution < 1.29 is 15.1 Å². The summed E-state index contributed by atoms with van der Waals surface area (Å²) in [5.74, 6) is -0.825. The predicted octanol–water partition coefficient (Wildman–Crippen LogP) is -0.648. The largest absolute Gasteiger partial charge is 0.409 e. The number of amides is 1. The van der Waals surface area contributed by atoms with E-state index in [9.17, 15) is 9.90 Å². The van der Waals surface area contributed by atoms with E-state index in [1.807, 2.05) is 0 Å². The molecule has 0 aliphatic carbocycles. The van der Waals surface area contributed by atoms with Gasteiger partial charge in [-0.05, 0) is 12.8 Å². The first-order valence-electron chi connectivity index (χ1n) is 5.04. The zero-order valence-corrected chi connectivity index (χ0v) is 8.76. The molecule has 15 heavy (non-hydrogen) atoms. The quantitative estimate of drug-likeness (QED) is 0.252. The van der Waals surface area contributed by atoms with Gasteiger partial charge in [-0.3, -0.25) is 4.79 Å². The molecule has 0 aromatic carbocycles. The Balaban J connectivity index is 2.65. The molecule has 0 radical (unpaired) electrons. The highest BCUT2D eigenvalue weighted by molar-refractivity contribution is 6.02. The molecule has 1 fully saturated rings. The van der Waals surface area contributed by atoms with Crippen LogP contribution < -0.4 is 5.73 Å². The molecule has 1 aliphatic heterocycles. The van der Waals surface area contributed by atoms with Crippen LogP contribution in [0.1, 0.15) is 19.8 Å². The number of hydrogen-bond donors (Lipinski definition) is 3. The van der Waals surface area contributed by atoms with E-state index in [4.69, 9.17) is 10.9 Å². The number of rotatable bonds is 3. The number of carbonyl (C=O) groups is 1. The Kier molecular flexibility index (Phi) is 3.90. The highest BCUT2D eigenvalue weighted by Gasteiger charge is 2.31. The van der Waals surface area contributed by atoms with Crippen molar-refractivity contribution >= 4 is 11.7 Å². The van der Waals surface area contributed by atoms with Crippen LogP contribution in [0.5, 0.6) is 0 Å². The summed E-state index contributed by atoms with van der Waals surface area (Å²) >= 11 is 0. The summed E-state index contributed by atoms with van der Waals surface area (Å²) in [7, 11) is 0. The van der Waals surface area contributed by atoms with Gasteiger partial charge in [0.2, 0.25) is 5.91 Å². The van der Waals surface area contributed by atoms with Gasteiger partial charge in [-0.25, -0.2) is 0 Å². The molecule has 1 heterocycles. The molecule has 4 N–H and O–H groups in total. The van der Waals surface area contributed by atoms with Crippen LogP contribution in [0.25, 0.3) is 0 Å². The fourth-order valence-electron chi connectivity index (χ4n) is 1.74. The molecule has 0 aromatic rings. The topological polar surface area (TPSA) is 99.2 Å². The molecule has 86 valence electrons. The van der Waals surface area contributed by atoms with E-state index in [-0.39, 0.29) is 11.7 Å². The minimum Gasteiger partial charge on any atom is -0.409 e. The van der Waals surface area contributed by atoms with E-state index in [0.29, 0.717) is 25.9 Å². The van der Waals surface area contributed by atoms with E-state index in [1.54, 1.807) is 11.8 Å². The summed E-state index contributed by atoms with van der Waals surface area (Å²) in [6.07, 6.45) is 0.637. The Bertz CT molecular complexity index is 267. The lowest BCUT2D eigenvalue weighted by molar-refractivity contribution is -0.132. The van der Waals surface area contributed by atoms with Crippen molar-refractivity contribution in [3.63, 3.8) is 0 Å². The zero-order chi connectivity index (χ0) is 11.4. The maximum absolute atomic E-state index is 11.9. The Labute approximate surface area is 88.4 Å². The second-order valence-electron chi connectivity index (χ2n) is 3.71. The van der Waals surface area contributed by atoms with Crippen molar-refractivity contribution in [2.24, 2.45) is 16.8 Å². The fourth-order valence-corrected chi connectivity index (χ4v) is 1.74. The van der Waals surface area contributed by atoms with Gasteiger partial charge in [0.25, 0.3) is 0 Å². The molecule has 1 aliphatic rings. The third-order valence-corrected chi connectivity index (χ3v) is 2.65. The van der Waals surface area contributed by atoms with E-state index in [2.05, 4.69) is 5.16 Å². The first kappa shape index (κ1) is 11.8. The predicted molar refractivity (Wildman–Crippen MR) is 54.4 cm³/mol. The normalized spacial score (nSPS) is 24.3. The molecule has 2 unspecified atom stereocenters. The summed E-state index contributed by atoms with van der Waals surface area (Å²) in [5.41, 5.74) is 5.42. The fraction of sp³-hybridized carbons (Fsp3) is 0.778. The summed E-state index contributed by atoms with van der Waals surface area (Å²) in [6.45, 7) is 2.68. The van der Waals surface area contributed by atoms with Crippen LogP contribution in [-0.4, -0.2) is 46.1 Å². The molecule has 1 amide bonds. The van der Waals surface area contributed by atoms with Gasteiger partial charge in [0.15, 0.2) is 5.84 Å². The number of β-amino-alcohol motifs (C(OH)–C–C–N with tert-alkyl or cyclic N) is 1. The van der Waals surface area contributed by atoms with Gasteiger partial charge in [-0.2, -0.15) is 0 Å². The lowest BCUT2D eigenvalue weighted by atomic mass is 10.0. The Hall–Kier alpha value is -1.30. The average Bonchev–Trinajstić information content (AvgIpc) is 2.65. The van der Waals surface area contributed by atoms with Gasteiger partial charge >= 0.3 is 0 Å². The van der Waals surface area contributed by atoms with Crippen LogP contribution in [-0.2, 0) is 4.79 Å². The van der Waals surface area contributed by atoms with Gasteiger partial charge in [-0.15, -0.1) is 0 Å². The zero-order valence-electron chi connectivity index (χ0n) is 8.76. The maximum Gasteiger partial charge on any atom is 0.233 e. The summed E-state index contributed by atoms with van der Waals surface area (Å²) in [5, 5.41) is 20.7. The summed E-state index contributed by atoms with van der Waals surface area (Å²) < 4.78 is 0. The molecular formula is C9H17N3O3. The van der Waals surface area contributed by atoms with Crippen molar-refractivity contribution in [1.29, 1.82) is 0 Å². The minimum absolute atomic E-state index is 0.0658. The highest BCUT2D eigenvalue weighted by Crippen LogP contribution is 2.15. The van der Waals surface area contributed by atoms with Gasteiger partial charge in [-0.1, -0.05) is 12.1 Å². The smallest absolute Gasteiger partial charge is 0.233 e. The second kappa shape index (κ2) is 4.97. The molecule has 0 aromatic heterocycles. The molecule has 6 nitrogen and oxygen atoms in total. The summed E-state index contributed by atoms with van der Waals surface area (Å²) in [6, 6.07) is 0. The molecule has 1 rings (SSSR count). The molecule has 0 bridgehead atoms. The first-order valence-corrected chi connectivity index (χ1v) is 5.04.